The fourth-order valence-electron chi connectivity index (χ4n) is 2.63. The van der Waals surface area contributed by atoms with E-state index in [0.717, 1.165) is 24.6 Å². The Kier molecular flexibility index (Phi) is 5.23. The number of likely N-dealkylation sites (tertiary alicyclic amines) is 1. The molecule has 2 N–H and O–H groups in total. The molecule has 1 atom stereocenters. The predicted molar refractivity (Wildman–Crippen MR) is 79.4 cm³/mol. The largest absolute Gasteiger partial charge is 0.497 e. The van der Waals surface area contributed by atoms with Crippen molar-refractivity contribution in [2.45, 2.75) is 32.2 Å². The van der Waals surface area contributed by atoms with Gasteiger partial charge in [0.1, 0.15) is 5.75 Å². The molecule has 1 aliphatic rings. The summed E-state index contributed by atoms with van der Waals surface area (Å²) in [6, 6.07) is 8.24. The Morgan fingerprint density at radius 2 is 1.89 bits per heavy atom. The fourth-order valence-corrected chi connectivity index (χ4v) is 2.63. The quantitative estimate of drug-likeness (QED) is 0.887. The van der Waals surface area contributed by atoms with Crippen molar-refractivity contribution in [1.82, 2.24) is 4.90 Å². The van der Waals surface area contributed by atoms with Crippen molar-refractivity contribution in [3.8, 4) is 5.75 Å². The Balaban J connectivity index is 1.78. The molecule has 0 spiro atoms. The number of piperidine rings is 1. The first-order chi connectivity index (χ1) is 9.19. The van der Waals surface area contributed by atoms with Gasteiger partial charge in [-0.2, -0.15) is 0 Å². The van der Waals surface area contributed by atoms with E-state index in [-0.39, 0.29) is 6.04 Å². The molecular formula is C16H26N2O. The maximum absolute atomic E-state index is 6.26. The number of ether oxygens (including phenoxy) is 1. The highest BCUT2D eigenvalue weighted by atomic mass is 16.5. The van der Waals surface area contributed by atoms with Crippen molar-refractivity contribution in [1.29, 1.82) is 0 Å². The lowest BCUT2D eigenvalue weighted by Crippen LogP contribution is -2.34. The third-order valence-electron chi connectivity index (χ3n) is 4.18. The molecule has 1 aromatic carbocycles. The van der Waals surface area contributed by atoms with Crippen LogP contribution in [0.3, 0.4) is 0 Å². The summed E-state index contributed by atoms with van der Waals surface area (Å²) in [6.07, 6.45) is 3.69. The SMILES string of the molecule is COc1ccc(C(N)CCN2CCC(C)CC2)cc1. The number of rotatable bonds is 5. The highest BCUT2D eigenvalue weighted by Gasteiger charge is 2.16. The third kappa shape index (κ3) is 4.22. The summed E-state index contributed by atoms with van der Waals surface area (Å²) in [4.78, 5) is 2.55. The molecule has 1 saturated heterocycles. The van der Waals surface area contributed by atoms with Crippen molar-refractivity contribution < 1.29 is 4.74 Å². The van der Waals surface area contributed by atoms with Gasteiger partial charge in [-0.05, 0) is 62.5 Å². The number of nitrogens with zero attached hydrogens (tertiary/aromatic N) is 1. The summed E-state index contributed by atoms with van der Waals surface area (Å²) in [5.74, 6) is 1.78. The van der Waals surface area contributed by atoms with E-state index >= 15 is 0 Å². The maximum atomic E-state index is 6.26. The van der Waals surface area contributed by atoms with Gasteiger partial charge in [-0.25, -0.2) is 0 Å². The molecule has 3 nitrogen and oxygen atoms in total. The number of nitrogens with two attached hydrogens (primary N) is 1. The normalized spacial score (nSPS) is 19.3. The molecule has 0 bridgehead atoms. The number of methoxy groups -OCH3 is 1. The highest BCUT2D eigenvalue weighted by Crippen LogP contribution is 2.20. The van der Waals surface area contributed by atoms with Crippen molar-refractivity contribution in [2.24, 2.45) is 11.7 Å². The van der Waals surface area contributed by atoms with Gasteiger partial charge in [0, 0.05) is 6.04 Å². The van der Waals surface area contributed by atoms with Gasteiger partial charge in [-0.15, -0.1) is 0 Å². The summed E-state index contributed by atoms with van der Waals surface area (Å²) in [5.41, 5.74) is 7.46. The Bertz CT molecular complexity index is 369. The van der Waals surface area contributed by atoms with Crippen LogP contribution >= 0.6 is 0 Å². The molecule has 2 rings (SSSR count). The van der Waals surface area contributed by atoms with Gasteiger partial charge in [0.05, 0.1) is 7.11 Å². The van der Waals surface area contributed by atoms with E-state index in [9.17, 15) is 0 Å². The van der Waals surface area contributed by atoms with Gasteiger partial charge in [-0.3, -0.25) is 0 Å². The van der Waals surface area contributed by atoms with Gasteiger partial charge >= 0.3 is 0 Å². The summed E-state index contributed by atoms with van der Waals surface area (Å²) in [5, 5.41) is 0. The molecule has 0 aliphatic carbocycles. The van der Waals surface area contributed by atoms with E-state index in [1.807, 2.05) is 12.1 Å². The average Bonchev–Trinajstić information content (AvgIpc) is 2.46. The van der Waals surface area contributed by atoms with Crippen LogP contribution in [-0.4, -0.2) is 31.6 Å². The van der Waals surface area contributed by atoms with E-state index < -0.39 is 0 Å². The zero-order valence-corrected chi connectivity index (χ0v) is 12.1. The fraction of sp³-hybridized carbons (Fsp3) is 0.625. The number of hydrogen-bond donors (Lipinski definition) is 1. The zero-order valence-electron chi connectivity index (χ0n) is 12.1. The highest BCUT2D eigenvalue weighted by molar-refractivity contribution is 5.28. The van der Waals surface area contributed by atoms with E-state index in [1.165, 1.54) is 31.5 Å². The molecule has 3 heteroatoms. The molecule has 1 heterocycles. The Morgan fingerprint density at radius 3 is 2.47 bits per heavy atom. The molecule has 1 unspecified atom stereocenters. The van der Waals surface area contributed by atoms with Crippen LogP contribution in [0.4, 0.5) is 0 Å². The van der Waals surface area contributed by atoms with Crippen molar-refractivity contribution >= 4 is 0 Å². The predicted octanol–water partition coefficient (Wildman–Crippen LogP) is 2.82. The Hall–Kier alpha value is -1.06. The second kappa shape index (κ2) is 6.92. The van der Waals surface area contributed by atoms with Crippen LogP contribution in [0.1, 0.15) is 37.8 Å². The van der Waals surface area contributed by atoms with E-state index in [1.54, 1.807) is 7.11 Å². The Labute approximate surface area is 116 Å². The van der Waals surface area contributed by atoms with Crippen molar-refractivity contribution in [2.75, 3.05) is 26.7 Å². The van der Waals surface area contributed by atoms with Gasteiger partial charge < -0.3 is 15.4 Å². The molecular weight excluding hydrogens is 236 g/mol. The summed E-state index contributed by atoms with van der Waals surface area (Å²) in [6.45, 7) is 5.92. The molecule has 1 fully saturated rings. The molecule has 0 radical (unpaired) electrons. The maximum Gasteiger partial charge on any atom is 0.118 e. The van der Waals surface area contributed by atoms with Crippen LogP contribution in [-0.2, 0) is 0 Å². The van der Waals surface area contributed by atoms with Crippen LogP contribution in [0.2, 0.25) is 0 Å². The second-order valence-corrected chi connectivity index (χ2v) is 5.69. The lowest BCUT2D eigenvalue weighted by Gasteiger charge is -2.30. The molecule has 1 aromatic rings. The number of hydrogen-bond acceptors (Lipinski definition) is 3. The monoisotopic (exact) mass is 262 g/mol. The first-order valence-electron chi connectivity index (χ1n) is 7.31. The average molecular weight is 262 g/mol. The second-order valence-electron chi connectivity index (χ2n) is 5.69. The van der Waals surface area contributed by atoms with Gasteiger partial charge in [0.15, 0.2) is 0 Å². The molecule has 106 valence electrons. The summed E-state index contributed by atoms with van der Waals surface area (Å²) >= 11 is 0. The van der Waals surface area contributed by atoms with Crippen molar-refractivity contribution in [3.63, 3.8) is 0 Å². The minimum absolute atomic E-state index is 0.130. The van der Waals surface area contributed by atoms with Gasteiger partial charge in [0.25, 0.3) is 0 Å². The summed E-state index contributed by atoms with van der Waals surface area (Å²) < 4.78 is 5.17. The standard InChI is InChI=1S/C16H26N2O/c1-13-7-10-18(11-8-13)12-9-16(17)14-3-5-15(19-2)6-4-14/h3-6,13,16H,7-12,17H2,1-2H3. The summed E-state index contributed by atoms with van der Waals surface area (Å²) in [7, 11) is 1.69. The van der Waals surface area contributed by atoms with Crippen LogP contribution in [0, 0.1) is 5.92 Å². The molecule has 19 heavy (non-hydrogen) atoms. The first kappa shape index (κ1) is 14.4. The lowest BCUT2D eigenvalue weighted by molar-refractivity contribution is 0.187. The van der Waals surface area contributed by atoms with E-state index in [4.69, 9.17) is 10.5 Å². The lowest BCUT2D eigenvalue weighted by atomic mass is 9.98. The molecule has 0 aromatic heterocycles. The molecule has 1 aliphatic heterocycles. The van der Waals surface area contributed by atoms with Crippen LogP contribution < -0.4 is 10.5 Å². The van der Waals surface area contributed by atoms with Crippen LogP contribution in [0.25, 0.3) is 0 Å². The van der Waals surface area contributed by atoms with Gasteiger partial charge in [-0.1, -0.05) is 19.1 Å². The van der Waals surface area contributed by atoms with E-state index in [0.29, 0.717) is 0 Å². The molecule has 0 amide bonds. The Morgan fingerprint density at radius 1 is 1.26 bits per heavy atom. The van der Waals surface area contributed by atoms with E-state index in [2.05, 4.69) is 24.0 Å². The van der Waals surface area contributed by atoms with Crippen molar-refractivity contribution in [3.05, 3.63) is 29.8 Å². The minimum atomic E-state index is 0.130. The zero-order chi connectivity index (χ0) is 13.7. The molecule has 0 saturated carbocycles. The number of benzene rings is 1. The topological polar surface area (TPSA) is 38.5 Å². The first-order valence-corrected chi connectivity index (χ1v) is 7.31. The smallest absolute Gasteiger partial charge is 0.118 e. The van der Waals surface area contributed by atoms with Gasteiger partial charge in [0.2, 0.25) is 0 Å². The minimum Gasteiger partial charge on any atom is -0.497 e. The van der Waals surface area contributed by atoms with Crippen LogP contribution in [0.15, 0.2) is 24.3 Å². The van der Waals surface area contributed by atoms with Crippen LogP contribution in [0.5, 0.6) is 5.75 Å². The third-order valence-corrected chi connectivity index (χ3v) is 4.18.